The molecule has 3 rings (SSSR count). The summed E-state index contributed by atoms with van der Waals surface area (Å²) >= 11 is 0. The molecule has 1 aliphatic heterocycles. The van der Waals surface area contributed by atoms with Crippen LogP contribution in [0.25, 0.3) is 0 Å². The molecule has 0 radical (unpaired) electrons. The Morgan fingerprint density at radius 1 is 1.09 bits per heavy atom. The highest BCUT2D eigenvalue weighted by atomic mass is 16.2. The Bertz CT molecular complexity index is 660. The van der Waals surface area contributed by atoms with Crippen LogP contribution < -0.4 is 10.2 Å². The number of nitrogens with zero attached hydrogens (tertiary/aromatic N) is 4. The van der Waals surface area contributed by atoms with Crippen LogP contribution in [0.5, 0.6) is 0 Å². The molecule has 2 heterocycles. The standard InChI is InChI=1S/C17H21N5O/c1-21(2)15-7-5-14(6-8-15)20-17-18-11-13(12-19-17)16(23)22-9-3-4-10-22/h5-8,11-12H,3-4,9-10H2,1-2H3,(H,18,19,20). The average Bonchev–Trinajstić information content (AvgIpc) is 3.10. The predicted molar refractivity (Wildman–Crippen MR) is 91.2 cm³/mol. The summed E-state index contributed by atoms with van der Waals surface area (Å²) < 4.78 is 0. The number of hydrogen-bond acceptors (Lipinski definition) is 5. The molecule has 120 valence electrons. The van der Waals surface area contributed by atoms with E-state index in [2.05, 4.69) is 15.3 Å². The second kappa shape index (κ2) is 6.64. The summed E-state index contributed by atoms with van der Waals surface area (Å²) in [5.41, 5.74) is 2.58. The number of aromatic nitrogens is 2. The Balaban J connectivity index is 1.66. The van der Waals surface area contributed by atoms with Gasteiger partial charge in [0.05, 0.1) is 5.56 Å². The Hall–Kier alpha value is -2.63. The Morgan fingerprint density at radius 2 is 1.70 bits per heavy atom. The molecule has 2 aromatic rings. The highest BCUT2D eigenvalue weighted by Crippen LogP contribution is 2.18. The average molecular weight is 311 g/mol. The molecule has 0 saturated carbocycles. The summed E-state index contributed by atoms with van der Waals surface area (Å²) in [4.78, 5) is 24.6. The third-order valence-corrected chi connectivity index (χ3v) is 3.93. The van der Waals surface area contributed by atoms with Gasteiger partial charge >= 0.3 is 0 Å². The van der Waals surface area contributed by atoms with Crippen molar-refractivity contribution in [1.82, 2.24) is 14.9 Å². The van der Waals surface area contributed by atoms with E-state index >= 15 is 0 Å². The number of carbonyl (C=O) groups is 1. The summed E-state index contributed by atoms with van der Waals surface area (Å²) in [6.45, 7) is 1.66. The number of amides is 1. The number of rotatable bonds is 4. The number of anilines is 3. The van der Waals surface area contributed by atoms with Crippen LogP contribution in [0, 0.1) is 0 Å². The molecule has 1 amide bonds. The van der Waals surface area contributed by atoms with Crippen LogP contribution in [0.3, 0.4) is 0 Å². The highest BCUT2D eigenvalue weighted by Gasteiger charge is 2.19. The van der Waals surface area contributed by atoms with Crippen molar-refractivity contribution >= 4 is 23.2 Å². The zero-order valence-corrected chi connectivity index (χ0v) is 13.5. The number of likely N-dealkylation sites (tertiary alicyclic amines) is 1. The quantitative estimate of drug-likeness (QED) is 0.940. The van der Waals surface area contributed by atoms with E-state index in [4.69, 9.17) is 0 Å². The van der Waals surface area contributed by atoms with Crippen LogP contribution in [0.4, 0.5) is 17.3 Å². The SMILES string of the molecule is CN(C)c1ccc(Nc2ncc(C(=O)N3CCCC3)cn2)cc1. The van der Waals surface area contributed by atoms with Gasteiger partial charge in [-0.2, -0.15) is 0 Å². The maximum Gasteiger partial charge on any atom is 0.256 e. The number of hydrogen-bond donors (Lipinski definition) is 1. The first-order chi connectivity index (χ1) is 11.1. The third kappa shape index (κ3) is 3.59. The molecular formula is C17H21N5O. The predicted octanol–water partition coefficient (Wildman–Crippen LogP) is 2.52. The van der Waals surface area contributed by atoms with Crippen molar-refractivity contribution < 1.29 is 4.79 Å². The van der Waals surface area contributed by atoms with E-state index in [1.54, 1.807) is 12.4 Å². The molecule has 0 atom stereocenters. The maximum atomic E-state index is 12.2. The van der Waals surface area contributed by atoms with E-state index < -0.39 is 0 Å². The van der Waals surface area contributed by atoms with Crippen molar-refractivity contribution in [3.8, 4) is 0 Å². The van der Waals surface area contributed by atoms with E-state index in [1.807, 2.05) is 48.2 Å². The van der Waals surface area contributed by atoms with E-state index in [9.17, 15) is 4.79 Å². The largest absolute Gasteiger partial charge is 0.378 e. The van der Waals surface area contributed by atoms with Gasteiger partial charge in [-0.15, -0.1) is 0 Å². The second-order valence-corrected chi connectivity index (χ2v) is 5.86. The molecular weight excluding hydrogens is 290 g/mol. The van der Waals surface area contributed by atoms with Gasteiger partial charge < -0.3 is 15.1 Å². The van der Waals surface area contributed by atoms with Crippen molar-refractivity contribution in [2.24, 2.45) is 0 Å². The van der Waals surface area contributed by atoms with Crippen LogP contribution in [0.1, 0.15) is 23.2 Å². The zero-order chi connectivity index (χ0) is 16.2. The molecule has 6 nitrogen and oxygen atoms in total. The molecule has 1 aromatic carbocycles. The summed E-state index contributed by atoms with van der Waals surface area (Å²) in [5, 5.41) is 3.14. The van der Waals surface area contributed by atoms with Gasteiger partial charge in [0, 0.05) is 51.0 Å². The minimum Gasteiger partial charge on any atom is -0.378 e. The first kappa shape index (κ1) is 15.3. The van der Waals surface area contributed by atoms with Gasteiger partial charge in [-0.25, -0.2) is 9.97 Å². The lowest BCUT2D eigenvalue weighted by atomic mass is 10.2. The van der Waals surface area contributed by atoms with Crippen LogP contribution in [0.15, 0.2) is 36.7 Å². The van der Waals surface area contributed by atoms with Crippen LogP contribution in [-0.2, 0) is 0 Å². The van der Waals surface area contributed by atoms with E-state index in [1.165, 1.54) is 0 Å². The molecule has 1 aromatic heterocycles. The summed E-state index contributed by atoms with van der Waals surface area (Å²) in [6.07, 6.45) is 5.33. The topological polar surface area (TPSA) is 61.4 Å². The van der Waals surface area contributed by atoms with Crippen LogP contribution in [0.2, 0.25) is 0 Å². The second-order valence-electron chi connectivity index (χ2n) is 5.86. The normalized spacial score (nSPS) is 13.9. The van der Waals surface area contributed by atoms with E-state index in [-0.39, 0.29) is 5.91 Å². The number of carbonyl (C=O) groups excluding carboxylic acids is 1. The van der Waals surface area contributed by atoms with Gasteiger partial charge in [-0.3, -0.25) is 4.79 Å². The number of benzene rings is 1. The fraction of sp³-hybridized carbons (Fsp3) is 0.353. The third-order valence-electron chi connectivity index (χ3n) is 3.93. The monoisotopic (exact) mass is 311 g/mol. The molecule has 23 heavy (non-hydrogen) atoms. The molecule has 0 bridgehead atoms. The van der Waals surface area contributed by atoms with Gasteiger partial charge in [0.25, 0.3) is 5.91 Å². The molecule has 0 aliphatic carbocycles. The molecule has 1 aliphatic rings. The van der Waals surface area contributed by atoms with E-state index in [0.717, 1.165) is 37.3 Å². The molecule has 1 saturated heterocycles. The smallest absolute Gasteiger partial charge is 0.256 e. The van der Waals surface area contributed by atoms with Crippen molar-refractivity contribution in [2.45, 2.75) is 12.8 Å². The zero-order valence-electron chi connectivity index (χ0n) is 13.5. The van der Waals surface area contributed by atoms with Gasteiger partial charge in [0.15, 0.2) is 0 Å². The van der Waals surface area contributed by atoms with E-state index in [0.29, 0.717) is 11.5 Å². The van der Waals surface area contributed by atoms with Crippen LogP contribution >= 0.6 is 0 Å². The molecule has 6 heteroatoms. The minimum atomic E-state index is 0.0179. The van der Waals surface area contributed by atoms with Crippen molar-refractivity contribution in [3.05, 3.63) is 42.2 Å². The summed E-state index contributed by atoms with van der Waals surface area (Å²) in [7, 11) is 4.00. The highest BCUT2D eigenvalue weighted by molar-refractivity contribution is 5.93. The van der Waals surface area contributed by atoms with Crippen molar-refractivity contribution in [1.29, 1.82) is 0 Å². The van der Waals surface area contributed by atoms with Crippen molar-refractivity contribution in [2.75, 3.05) is 37.4 Å². The molecule has 1 N–H and O–H groups in total. The lowest BCUT2D eigenvalue weighted by Crippen LogP contribution is -2.27. The lowest BCUT2D eigenvalue weighted by molar-refractivity contribution is 0.0792. The fourth-order valence-corrected chi connectivity index (χ4v) is 2.58. The summed E-state index contributed by atoms with van der Waals surface area (Å²) in [5.74, 6) is 0.505. The molecule has 0 unspecified atom stereocenters. The van der Waals surface area contributed by atoms with Gasteiger partial charge in [0.2, 0.25) is 5.95 Å². The van der Waals surface area contributed by atoms with Crippen LogP contribution in [-0.4, -0.2) is 48.0 Å². The number of nitrogens with one attached hydrogen (secondary N) is 1. The van der Waals surface area contributed by atoms with Crippen molar-refractivity contribution in [3.63, 3.8) is 0 Å². The first-order valence-corrected chi connectivity index (χ1v) is 7.79. The van der Waals surface area contributed by atoms with Gasteiger partial charge in [0.1, 0.15) is 0 Å². The molecule has 0 spiro atoms. The Labute approximate surface area is 136 Å². The summed E-state index contributed by atoms with van der Waals surface area (Å²) in [6, 6.07) is 7.99. The molecule has 1 fully saturated rings. The van der Waals surface area contributed by atoms with Gasteiger partial charge in [-0.05, 0) is 37.1 Å². The van der Waals surface area contributed by atoms with Gasteiger partial charge in [-0.1, -0.05) is 0 Å². The lowest BCUT2D eigenvalue weighted by Gasteiger charge is -2.15. The maximum absolute atomic E-state index is 12.2. The Kier molecular flexibility index (Phi) is 4.41. The first-order valence-electron chi connectivity index (χ1n) is 7.79. The Morgan fingerprint density at radius 3 is 2.26 bits per heavy atom. The minimum absolute atomic E-state index is 0.0179. The fourth-order valence-electron chi connectivity index (χ4n) is 2.58.